The van der Waals surface area contributed by atoms with Gasteiger partial charge in [0.15, 0.2) is 11.6 Å². The zero-order valence-electron chi connectivity index (χ0n) is 24.6. The standard InChI is InChI=1S/C30H34F2N8O3/c1-18(2)40-19(3)35-27-22(31)11-21(12-24(27)40)26-23(32)14-34-28(37-26)36-25-6-5-20(13-33-25)15-38-9-10-43-30(16-38)7-8-39(17-30)29(41)42-4/h5-6,11-14,18H,7-10,15-17H2,1-4H3,(H,33,34,36,37)/t30-/m0/s1. The van der Waals surface area contributed by atoms with Crippen molar-refractivity contribution in [1.29, 1.82) is 0 Å². The molecule has 6 rings (SSSR count). The topological polar surface area (TPSA) is 111 Å². The van der Waals surface area contributed by atoms with Crippen LogP contribution in [0.25, 0.3) is 22.3 Å². The summed E-state index contributed by atoms with van der Waals surface area (Å²) in [7, 11) is 1.39. The van der Waals surface area contributed by atoms with Gasteiger partial charge in [-0.1, -0.05) is 6.07 Å². The normalized spacial score (nSPS) is 19.1. The number of rotatable bonds is 6. The van der Waals surface area contributed by atoms with E-state index >= 15 is 4.39 Å². The molecule has 1 spiro atoms. The summed E-state index contributed by atoms with van der Waals surface area (Å²) >= 11 is 0. The van der Waals surface area contributed by atoms with E-state index in [4.69, 9.17) is 9.47 Å². The molecular formula is C30H34F2N8O3. The number of ether oxygens (including phenoxy) is 2. The van der Waals surface area contributed by atoms with Gasteiger partial charge in [0.25, 0.3) is 0 Å². The van der Waals surface area contributed by atoms with E-state index in [1.807, 2.05) is 37.5 Å². The van der Waals surface area contributed by atoms with Crippen LogP contribution < -0.4 is 5.32 Å². The van der Waals surface area contributed by atoms with Gasteiger partial charge in [0.05, 0.1) is 32.0 Å². The predicted octanol–water partition coefficient (Wildman–Crippen LogP) is 4.84. The van der Waals surface area contributed by atoms with Gasteiger partial charge in [0.1, 0.15) is 28.5 Å². The van der Waals surface area contributed by atoms with Gasteiger partial charge in [-0.2, -0.15) is 0 Å². The fraction of sp³-hybridized carbons (Fsp3) is 0.433. The Balaban J connectivity index is 1.15. The van der Waals surface area contributed by atoms with Gasteiger partial charge in [-0.3, -0.25) is 4.90 Å². The molecule has 0 unspecified atom stereocenters. The third-order valence-electron chi connectivity index (χ3n) is 8.01. The second kappa shape index (κ2) is 11.5. The highest BCUT2D eigenvalue weighted by Crippen LogP contribution is 2.32. The van der Waals surface area contributed by atoms with Crippen LogP contribution in [-0.4, -0.2) is 85.9 Å². The van der Waals surface area contributed by atoms with Crippen LogP contribution in [0.5, 0.6) is 0 Å². The summed E-state index contributed by atoms with van der Waals surface area (Å²) in [6.45, 7) is 9.65. The monoisotopic (exact) mass is 592 g/mol. The third-order valence-corrected chi connectivity index (χ3v) is 8.01. The Morgan fingerprint density at radius 2 is 1.95 bits per heavy atom. The molecule has 0 aliphatic carbocycles. The number of likely N-dealkylation sites (tertiary alicyclic amines) is 1. The molecule has 226 valence electrons. The molecule has 2 aliphatic heterocycles. The number of nitrogens with one attached hydrogen (secondary N) is 1. The molecule has 1 aromatic carbocycles. The van der Waals surface area contributed by atoms with Crippen LogP contribution in [0.15, 0.2) is 36.7 Å². The average molecular weight is 593 g/mol. The van der Waals surface area contributed by atoms with Crippen LogP contribution in [0.3, 0.4) is 0 Å². The van der Waals surface area contributed by atoms with Crippen LogP contribution in [0.4, 0.5) is 25.3 Å². The molecule has 2 saturated heterocycles. The molecular weight excluding hydrogens is 558 g/mol. The molecule has 2 fully saturated rings. The van der Waals surface area contributed by atoms with E-state index in [-0.39, 0.29) is 34.9 Å². The summed E-state index contributed by atoms with van der Waals surface area (Å²) in [6, 6.07) is 6.76. The molecule has 1 atom stereocenters. The lowest BCUT2D eigenvalue weighted by atomic mass is 10.0. The van der Waals surface area contributed by atoms with Crippen LogP contribution in [0.2, 0.25) is 0 Å². The fourth-order valence-electron chi connectivity index (χ4n) is 6.09. The molecule has 43 heavy (non-hydrogen) atoms. The van der Waals surface area contributed by atoms with Crippen molar-refractivity contribution in [3.8, 4) is 11.3 Å². The molecule has 0 saturated carbocycles. The molecule has 11 nitrogen and oxygen atoms in total. The maximum Gasteiger partial charge on any atom is 0.409 e. The Morgan fingerprint density at radius 1 is 1.12 bits per heavy atom. The molecule has 5 heterocycles. The van der Waals surface area contributed by atoms with Crippen molar-refractivity contribution in [3.05, 3.63) is 59.7 Å². The maximum atomic E-state index is 15.0. The second-order valence-corrected chi connectivity index (χ2v) is 11.4. The van der Waals surface area contributed by atoms with Crippen molar-refractivity contribution in [2.24, 2.45) is 0 Å². The fourth-order valence-corrected chi connectivity index (χ4v) is 6.09. The Hall–Kier alpha value is -4.23. The zero-order valence-corrected chi connectivity index (χ0v) is 24.6. The molecule has 0 radical (unpaired) electrons. The van der Waals surface area contributed by atoms with Crippen LogP contribution in [-0.2, 0) is 16.0 Å². The van der Waals surface area contributed by atoms with E-state index in [1.165, 1.54) is 13.2 Å². The lowest BCUT2D eigenvalue weighted by molar-refractivity contribution is -0.102. The van der Waals surface area contributed by atoms with Crippen molar-refractivity contribution in [2.45, 2.75) is 45.4 Å². The second-order valence-electron chi connectivity index (χ2n) is 11.4. The number of aromatic nitrogens is 5. The van der Waals surface area contributed by atoms with Crippen LogP contribution in [0, 0.1) is 18.6 Å². The van der Waals surface area contributed by atoms with Crippen LogP contribution >= 0.6 is 0 Å². The summed E-state index contributed by atoms with van der Waals surface area (Å²) in [5.41, 5.74) is 1.70. The largest absolute Gasteiger partial charge is 0.453 e. The number of anilines is 2. The highest BCUT2D eigenvalue weighted by molar-refractivity contribution is 5.83. The van der Waals surface area contributed by atoms with E-state index < -0.39 is 11.6 Å². The van der Waals surface area contributed by atoms with E-state index in [0.717, 1.165) is 24.7 Å². The third kappa shape index (κ3) is 5.74. The Labute approximate surface area is 247 Å². The SMILES string of the molecule is COC(=O)N1CC[C@]2(CN(Cc3ccc(Nc4ncc(F)c(-c5cc(F)c6nc(C)n(C(C)C)c6c5)n4)nc3)CCO2)C1. The average Bonchev–Trinajstić information content (AvgIpc) is 3.55. The van der Waals surface area contributed by atoms with Crippen molar-refractivity contribution < 1.29 is 23.0 Å². The van der Waals surface area contributed by atoms with Gasteiger partial charge in [-0.25, -0.2) is 33.5 Å². The Bertz CT molecular complexity index is 1660. The quantitative estimate of drug-likeness (QED) is 0.336. The van der Waals surface area contributed by atoms with Gasteiger partial charge in [0, 0.05) is 44.0 Å². The first-order valence-electron chi connectivity index (χ1n) is 14.3. The molecule has 3 aromatic heterocycles. The van der Waals surface area contributed by atoms with Gasteiger partial charge in [-0.05, 0) is 51.0 Å². The zero-order chi connectivity index (χ0) is 30.3. The molecule has 13 heteroatoms. The molecule has 1 amide bonds. The van der Waals surface area contributed by atoms with Gasteiger partial charge < -0.3 is 24.3 Å². The minimum Gasteiger partial charge on any atom is -0.453 e. The summed E-state index contributed by atoms with van der Waals surface area (Å²) in [6.07, 6.45) is 3.26. The van der Waals surface area contributed by atoms with Crippen molar-refractivity contribution in [1.82, 2.24) is 34.3 Å². The minimum atomic E-state index is -0.666. The number of nitrogens with zero attached hydrogens (tertiary/aromatic N) is 7. The number of carbonyl (C=O) groups excluding carboxylic acids is 1. The first-order chi connectivity index (χ1) is 20.6. The highest BCUT2D eigenvalue weighted by atomic mass is 19.1. The summed E-state index contributed by atoms with van der Waals surface area (Å²) in [5.74, 6) is 0.0921. The Morgan fingerprint density at radius 3 is 2.70 bits per heavy atom. The first kappa shape index (κ1) is 28.9. The lowest BCUT2D eigenvalue weighted by Gasteiger charge is -2.40. The number of fused-ring (bicyclic) bond motifs is 1. The van der Waals surface area contributed by atoms with Gasteiger partial charge >= 0.3 is 6.09 Å². The van der Waals surface area contributed by atoms with E-state index in [0.29, 0.717) is 55.5 Å². The van der Waals surface area contributed by atoms with Gasteiger partial charge in [0.2, 0.25) is 5.95 Å². The maximum absolute atomic E-state index is 15.0. The number of imidazole rings is 1. The van der Waals surface area contributed by atoms with Crippen molar-refractivity contribution in [2.75, 3.05) is 45.2 Å². The minimum absolute atomic E-state index is 0.0250. The smallest absolute Gasteiger partial charge is 0.409 e. The number of benzene rings is 1. The number of amides is 1. The highest BCUT2D eigenvalue weighted by Gasteiger charge is 2.44. The van der Waals surface area contributed by atoms with Crippen molar-refractivity contribution in [3.63, 3.8) is 0 Å². The molecule has 4 aromatic rings. The predicted molar refractivity (Wildman–Crippen MR) is 156 cm³/mol. The van der Waals surface area contributed by atoms with Gasteiger partial charge in [-0.15, -0.1) is 0 Å². The number of carbonyl (C=O) groups is 1. The van der Waals surface area contributed by atoms with E-state index in [9.17, 15) is 9.18 Å². The molecule has 1 N–H and O–H groups in total. The summed E-state index contributed by atoms with van der Waals surface area (Å²) in [4.78, 5) is 33.2. The van der Waals surface area contributed by atoms with E-state index in [2.05, 4.69) is 30.2 Å². The number of hydrogen-bond donors (Lipinski definition) is 1. The number of aryl methyl sites for hydroxylation is 1. The summed E-state index contributed by atoms with van der Waals surface area (Å²) < 4.78 is 42.8. The number of halogens is 2. The number of morpholine rings is 1. The molecule has 0 bridgehead atoms. The number of pyridine rings is 1. The first-order valence-corrected chi connectivity index (χ1v) is 14.3. The van der Waals surface area contributed by atoms with Crippen molar-refractivity contribution >= 4 is 28.9 Å². The number of methoxy groups -OCH3 is 1. The summed E-state index contributed by atoms with van der Waals surface area (Å²) in [5, 5.41) is 3.02. The molecule has 2 aliphatic rings. The van der Waals surface area contributed by atoms with E-state index in [1.54, 1.807) is 17.2 Å². The Kier molecular flexibility index (Phi) is 7.69. The van der Waals surface area contributed by atoms with Crippen LogP contribution in [0.1, 0.15) is 37.7 Å². The number of hydrogen-bond acceptors (Lipinski definition) is 9. The lowest BCUT2D eigenvalue weighted by Crippen LogP contribution is -2.53.